The van der Waals surface area contributed by atoms with Gasteiger partial charge in [-0.3, -0.25) is 9.69 Å². The molecule has 1 saturated heterocycles. The Kier molecular flexibility index (Phi) is 8.25. The molecular weight excluding hydrogens is 374 g/mol. The molecule has 0 aromatic heterocycles. The zero-order valence-electron chi connectivity index (χ0n) is 17.2. The van der Waals surface area contributed by atoms with Crippen LogP contribution in [0.1, 0.15) is 83.5 Å². The number of nitrogens with zero attached hydrogens (tertiary/aromatic N) is 1. The number of unbranched alkanes of at least 4 members (excludes halogenated alkanes) is 1. The molecule has 2 N–H and O–H groups in total. The molecule has 2 saturated carbocycles. The molecule has 3 aliphatic rings. The highest BCUT2D eigenvalue weighted by Gasteiger charge is 2.46. The van der Waals surface area contributed by atoms with Crippen LogP contribution in [0, 0.1) is 11.3 Å². The summed E-state index contributed by atoms with van der Waals surface area (Å²) in [5.74, 6) is 0.177. The number of aliphatic hydroxyl groups is 1. The molecule has 0 amide bonds. The lowest BCUT2D eigenvalue weighted by atomic mass is 9.61. The molecule has 0 aromatic rings. The predicted molar refractivity (Wildman–Crippen MR) is 114 cm³/mol. The molecule has 3 fully saturated rings. The number of alkyl halides is 1. The molecule has 5 heteroatoms. The summed E-state index contributed by atoms with van der Waals surface area (Å²) < 4.78 is 0. The molecular formula is C23H38ClNO3. The number of halogens is 1. The van der Waals surface area contributed by atoms with Crippen LogP contribution in [0.2, 0.25) is 0 Å². The molecule has 3 rings (SSSR count). The topological polar surface area (TPSA) is 60.8 Å². The second-order valence-corrected chi connectivity index (χ2v) is 9.98. The molecule has 0 spiro atoms. The molecule has 1 aliphatic heterocycles. The quantitative estimate of drug-likeness (QED) is 0.255. The monoisotopic (exact) mass is 411 g/mol. The minimum Gasteiger partial charge on any atom is -0.481 e. The smallest absolute Gasteiger partial charge is 0.303 e. The van der Waals surface area contributed by atoms with Crippen LogP contribution in [0.3, 0.4) is 0 Å². The lowest BCUT2D eigenvalue weighted by Crippen LogP contribution is -2.42. The van der Waals surface area contributed by atoms with E-state index in [9.17, 15) is 9.90 Å². The fourth-order valence-corrected chi connectivity index (χ4v) is 5.53. The minimum absolute atomic E-state index is 0.121. The average Bonchev–Trinajstić information content (AvgIpc) is 3.38. The summed E-state index contributed by atoms with van der Waals surface area (Å²) in [6, 6.07) is 0.374. The number of hydrogen-bond acceptors (Lipinski definition) is 3. The number of aliphatic carboxylic acids is 1. The Morgan fingerprint density at radius 1 is 1.21 bits per heavy atom. The maximum absolute atomic E-state index is 10.9. The summed E-state index contributed by atoms with van der Waals surface area (Å²) in [4.78, 5) is 13.1. The molecule has 28 heavy (non-hydrogen) atoms. The van der Waals surface area contributed by atoms with Crippen molar-refractivity contribution in [3.8, 4) is 0 Å². The fraction of sp³-hybridized carbons (Fsp3) is 0.870. The van der Waals surface area contributed by atoms with Crippen LogP contribution in [-0.4, -0.2) is 51.7 Å². The zero-order chi connectivity index (χ0) is 20.0. The van der Waals surface area contributed by atoms with Crippen LogP contribution < -0.4 is 0 Å². The van der Waals surface area contributed by atoms with E-state index in [2.05, 4.69) is 17.1 Å². The Labute approximate surface area is 175 Å². The minimum atomic E-state index is -0.723. The first-order valence-electron chi connectivity index (χ1n) is 11.4. The highest BCUT2D eigenvalue weighted by Crippen LogP contribution is 2.53. The predicted octanol–water partition coefficient (Wildman–Crippen LogP) is 4.98. The van der Waals surface area contributed by atoms with Crippen LogP contribution in [0.25, 0.3) is 0 Å². The first-order valence-corrected chi connectivity index (χ1v) is 11.9. The highest BCUT2D eigenvalue weighted by molar-refractivity contribution is 6.21. The summed E-state index contributed by atoms with van der Waals surface area (Å²) >= 11 is 6.56. The molecule has 3 atom stereocenters. The molecule has 0 bridgehead atoms. The van der Waals surface area contributed by atoms with Crippen molar-refractivity contribution in [2.24, 2.45) is 11.3 Å². The Balaban J connectivity index is 1.36. The normalized spacial score (nSPS) is 28.5. The first-order chi connectivity index (χ1) is 13.5. The van der Waals surface area contributed by atoms with Gasteiger partial charge in [0.1, 0.15) is 0 Å². The number of allylic oxidation sites excluding steroid dienone is 1. The number of hydrogen-bond donors (Lipinski definition) is 2. The number of rotatable bonds is 13. The van der Waals surface area contributed by atoms with Crippen molar-refractivity contribution in [2.45, 2.75) is 101 Å². The van der Waals surface area contributed by atoms with Crippen molar-refractivity contribution in [3.63, 3.8) is 0 Å². The van der Waals surface area contributed by atoms with E-state index in [1.807, 2.05) is 0 Å². The number of carbonyl (C=O) groups is 1. The van der Waals surface area contributed by atoms with Crippen LogP contribution in [-0.2, 0) is 4.79 Å². The maximum Gasteiger partial charge on any atom is 0.303 e. The second kappa shape index (κ2) is 10.4. The molecule has 160 valence electrons. The van der Waals surface area contributed by atoms with Gasteiger partial charge >= 0.3 is 5.97 Å². The second-order valence-electron chi connectivity index (χ2n) is 9.42. The molecule has 1 heterocycles. The van der Waals surface area contributed by atoms with E-state index in [0.717, 1.165) is 51.1 Å². The van der Waals surface area contributed by atoms with Gasteiger partial charge in [-0.05, 0) is 82.2 Å². The van der Waals surface area contributed by atoms with E-state index in [4.69, 9.17) is 16.7 Å². The van der Waals surface area contributed by atoms with E-state index >= 15 is 0 Å². The van der Waals surface area contributed by atoms with Gasteiger partial charge in [0, 0.05) is 12.5 Å². The average molecular weight is 412 g/mol. The van der Waals surface area contributed by atoms with E-state index in [-0.39, 0.29) is 23.3 Å². The Hall–Kier alpha value is -0.580. The number of carboxylic acids is 1. The van der Waals surface area contributed by atoms with Crippen LogP contribution >= 0.6 is 11.6 Å². The molecule has 2 aliphatic carbocycles. The van der Waals surface area contributed by atoms with E-state index in [0.29, 0.717) is 12.5 Å². The van der Waals surface area contributed by atoms with Crippen molar-refractivity contribution in [1.82, 2.24) is 4.90 Å². The fourth-order valence-electron chi connectivity index (χ4n) is 5.17. The van der Waals surface area contributed by atoms with Crippen molar-refractivity contribution < 1.29 is 15.0 Å². The molecule has 0 aromatic carbocycles. The van der Waals surface area contributed by atoms with Crippen LogP contribution in [0.4, 0.5) is 0 Å². The van der Waals surface area contributed by atoms with Crippen molar-refractivity contribution in [1.29, 1.82) is 0 Å². The van der Waals surface area contributed by atoms with Gasteiger partial charge in [-0.15, -0.1) is 11.6 Å². The van der Waals surface area contributed by atoms with Gasteiger partial charge in [0.25, 0.3) is 0 Å². The van der Waals surface area contributed by atoms with E-state index in [1.165, 1.54) is 38.5 Å². The van der Waals surface area contributed by atoms with E-state index < -0.39 is 5.97 Å². The standard InChI is InChI=1S/C23H38ClNO3/c24-19-12-16-25(20(19)7-3-1-2-4-9-22(27)28)15-5-8-21(26)23(13-6-14-23)17-18-10-11-18/h1,3,18-21,26H,2,4-17H2,(H,27,28)/b3-1-/t19-,20+,21-/m1/s1. The van der Waals surface area contributed by atoms with Gasteiger partial charge in [-0.1, -0.05) is 31.4 Å². The number of likely N-dealkylation sites (tertiary alicyclic amines) is 1. The molecule has 4 nitrogen and oxygen atoms in total. The van der Waals surface area contributed by atoms with Crippen molar-refractivity contribution >= 4 is 17.6 Å². The van der Waals surface area contributed by atoms with Gasteiger partial charge in [0.15, 0.2) is 0 Å². The summed E-state index contributed by atoms with van der Waals surface area (Å²) in [5.41, 5.74) is 0.249. The van der Waals surface area contributed by atoms with Gasteiger partial charge in [-0.25, -0.2) is 0 Å². The van der Waals surface area contributed by atoms with Gasteiger partial charge in [0.2, 0.25) is 0 Å². The lowest BCUT2D eigenvalue weighted by molar-refractivity contribution is -0.137. The van der Waals surface area contributed by atoms with E-state index in [1.54, 1.807) is 0 Å². The third kappa shape index (κ3) is 6.21. The highest BCUT2D eigenvalue weighted by atomic mass is 35.5. The molecule has 0 radical (unpaired) electrons. The Morgan fingerprint density at radius 3 is 2.64 bits per heavy atom. The third-order valence-electron chi connectivity index (χ3n) is 7.26. The van der Waals surface area contributed by atoms with Gasteiger partial charge in [-0.2, -0.15) is 0 Å². The Morgan fingerprint density at radius 2 is 2.00 bits per heavy atom. The number of aliphatic hydroxyl groups excluding tert-OH is 1. The van der Waals surface area contributed by atoms with Gasteiger partial charge < -0.3 is 10.2 Å². The summed E-state index contributed by atoms with van der Waals surface area (Å²) in [6.07, 6.45) is 17.6. The molecule has 0 unspecified atom stereocenters. The maximum atomic E-state index is 10.9. The van der Waals surface area contributed by atoms with Crippen LogP contribution in [0.5, 0.6) is 0 Å². The summed E-state index contributed by atoms with van der Waals surface area (Å²) in [5, 5.41) is 19.7. The van der Waals surface area contributed by atoms with Crippen molar-refractivity contribution in [3.05, 3.63) is 12.2 Å². The summed E-state index contributed by atoms with van der Waals surface area (Å²) in [7, 11) is 0. The van der Waals surface area contributed by atoms with Crippen molar-refractivity contribution in [2.75, 3.05) is 13.1 Å². The zero-order valence-corrected chi connectivity index (χ0v) is 18.0. The third-order valence-corrected chi connectivity index (χ3v) is 7.76. The largest absolute Gasteiger partial charge is 0.481 e. The van der Waals surface area contributed by atoms with Gasteiger partial charge in [0.05, 0.1) is 11.5 Å². The SMILES string of the molecule is O=C(O)CCC/C=C\C[C@H]1[C@H](Cl)CCN1CCC[C@@H](O)C1(CC2CC2)CCC1. The number of carboxylic acid groups (broad SMARTS) is 1. The first kappa shape index (κ1) is 22.1. The van der Waals surface area contributed by atoms with Crippen LogP contribution in [0.15, 0.2) is 12.2 Å². The lowest BCUT2D eigenvalue weighted by Gasteiger charge is -2.46. The Bertz CT molecular complexity index is 530. The summed E-state index contributed by atoms with van der Waals surface area (Å²) in [6.45, 7) is 2.08.